The molecule has 0 aliphatic carbocycles. The molecule has 1 aromatic heterocycles. The van der Waals surface area contributed by atoms with Crippen LogP contribution in [0.1, 0.15) is 39.0 Å². The third-order valence-electron chi connectivity index (χ3n) is 7.56. The Bertz CT molecular complexity index is 1630. The highest BCUT2D eigenvalue weighted by Gasteiger charge is 2.51. The summed E-state index contributed by atoms with van der Waals surface area (Å²) in [5.41, 5.74) is -1.75. The molecule has 14 heteroatoms. The highest BCUT2D eigenvalue weighted by Crippen LogP contribution is 2.38. The summed E-state index contributed by atoms with van der Waals surface area (Å²) in [5.74, 6) is 2.95. The number of hydrogen-bond donors (Lipinski definition) is 2. The zero-order valence-corrected chi connectivity index (χ0v) is 27.7. The Balaban J connectivity index is 1.63. The largest absolute Gasteiger partial charge is 0.471 e. The molecule has 246 valence electrons. The fraction of sp³-hybridized carbons (Fsp3) is 0.406. The van der Waals surface area contributed by atoms with Gasteiger partial charge in [0.05, 0.1) is 25.2 Å². The summed E-state index contributed by atoms with van der Waals surface area (Å²) in [6.07, 6.45) is -3.59. The van der Waals surface area contributed by atoms with Crippen molar-refractivity contribution in [3.05, 3.63) is 93.3 Å². The lowest BCUT2D eigenvalue weighted by molar-refractivity contribution is -0.173. The first kappa shape index (κ1) is 35.2. The molecule has 3 aromatic rings. The first-order valence-corrected chi connectivity index (χ1v) is 17.8. The van der Waals surface area contributed by atoms with Crippen LogP contribution in [0.5, 0.6) is 0 Å². The van der Waals surface area contributed by atoms with Gasteiger partial charge in [-0.15, -0.1) is 11.8 Å². The van der Waals surface area contributed by atoms with Crippen molar-refractivity contribution >= 4 is 36.4 Å². The minimum atomic E-state index is -5.06. The van der Waals surface area contributed by atoms with Crippen molar-refractivity contribution in [1.82, 2.24) is 14.9 Å². The van der Waals surface area contributed by atoms with Gasteiger partial charge in [0.1, 0.15) is 17.9 Å². The van der Waals surface area contributed by atoms with Gasteiger partial charge in [-0.25, -0.2) is 4.79 Å². The van der Waals surface area contributed by atoms with E-state index >= 15 is 0 Å². The lowest BCUT2D eigenvalue weighted by Gasteiger charge is -2.43. The fourth-order valence-corrected chi connectivity index (χ4v) is 10.4. The minimum absolute atomic E-state index is 0.159. The van der Waals surface area contributed by atoms with Crippen LogP contribution in [0.15, 0.2) is 76.4 Å². The number of aromatic nitrogens is 2. The summed E-state index contributed by atoms with van der Waals surface area (Å²) in [6, 6.07) is 20.2. The van der Waals surface area contributed by atoms with Gasteiger partial charge in [0, 0.05) is 12.6 Å². The van der Waals surface area contributed by atoms with Crippen molar-refractivity contribution in [1.29, 1.82) is 0 Å². The second-order valence-electron chi connectivity index (χ2n) is 11.6. The van der Waals surface area contributed by atoms with Crippen LogP contribution in [0, 0.1) is 11.8 Å². The van der Waals surface area contributed by atoms with Gasteiger partial charge in [0.25, 0.3) is 13.9 Å². The van der Waals surface area contributed by atoms with Crippen molar-refractivity contribution in [2.24, 2.45) is 0 Å². The van der Waals surface area contributed by atoms with E-state index in [9.17, 15) is 27.6 Å². The number of benzene rings is 2. The first-order valence-electron chi connectivity index (χ1n) is 14.5. The van der Waals surface area contributed by atoms with Gasteiger partial charge in [-0.05, 0) is 21.7 Å². The predicted molar refractivity (Wildman–Crippen MR) is 173 cm³/mol. The van der Waals surface area contributed by atoms with Gasteiger partial charge in [-0.3, -0.25) is 19.1 Å². The van der Waals surface area contributed by atoms with Crippen LogP contribution in [-0.2, 0) is 18.7 Å². The Labute approximate surface area is 270 Å². The third kappa shape index (κ3) is 8.02. The summed E-state index contributed by atoms with van der Waals surface area (Å²) in [6.45, 7) is 6.00. The van der Waals surface area contributed by atoms with E-state index in [-0.39, 0.29) is 23.6 Å². The number of aromatic amines is 1. The number of carbonyl (C=O) groups excluding carboxylic acids is 1. The molecule has 0 unspecified atom stereocenters. The van der Waals surface area contributed by atoms with Crippen LogP contribution < -0.4 is 26.9 Å². The Morgan fingerprint density at radius 1 is 1.09 bits per heavy atom. The van der Waals surface area contributed by atoms with E-state index in [2.05, 4.69) is 61.9 Å². The normalized spacial score (nSPS) is 18.5. The summed E-state index contributed by atoms with van der Waals surface area (Å²) in [5, 5.41) is 3.51. The average molecular weight is 676 g/mol. The number of thioether (sulfide) groups is 1. The molecule has 0 bridgehead atoms. The summed E-state index contributed by atoms with van der Waals surface area (Å²) in [7, 11) is -2.92. The highest BCUT2D eigenvalue weighted by atomic mass is 32.2. The summed E-state index contributed by atoms with van der Waals surface area (Å²) < 4.78 is 58.1. The van der Waals surface area contributed by atoms with E-state index in [4.69, 9.17) is 13.9 Å². The van der Waals surface area contributed by atoms with Crippen LogP contribution in [0.2, 0.25) is 5.04 Å². The molecular weight excluding hydrogens is 640 g/mol. The molecule has 46 heavy (non-hydrogen) atoms. The van der Waals surface area contributed by atoms with E-state index in [1.54, 1.807) is 5.32 Å². The van der Waals surface area contributed by atoms with Gasteiger partial charge in [0.2, 0.25) is 0 Å². The smallest absolute Gasteiger partial charge is 0.405 e. The lowest BCUT2D eigenvalue weighted by atomic mass is 10.2. The predicted octanol–water partition coefficient (Wildman–Crippen LogP) is 3.14. The number of halogens is 3. The van der Waals surface area contributed by atoms with Gasteiger partial charge >= 0.3 is 17.8 Å². The molecule has 1 saturated heterocycles. The standard InChI is InChI=1S/C32H36F3N3O6SSi/c1-31(2,3)46(23-13-7-5-8-14-23,24-15-9-6-10-16-24)43-20-26-25(42-21-45-4)18-27(44-26)38-19-22(28(39)37-30(38)41)12-11-17-36-29(40)32(33,34)35/h5-10,13-16,19,25-27H,17-18,20-21H2,1-4H3,(H,36,40)(H,37,39,41)/t25-,26+,27+/m0/s1. The second kappa shape index (κ2) is 14.9. The molecule has 2 aromatic carbocycles. The Hall–Kier alpha value is -3.61. The van der Waals surface area contributed by atoms with Crippen molar-refractivity contribution < 1.29 is 31.9 Å². The van der Waals surface area contributed by atoms with E-state index in [0.717, 1.165) is 10.4 Å². The molecule has 4 rings (SSSR count). The average Bonchev–Trinajstić information content (AvgIpc) is 3.41. The zero-order chi connectivity index (χ0) is 33.5. The van der Waals surface area contributed by atoms with E-state index < -0.39 is 56.6 Å². The molecule has 0 spiro atoms. The maximum Gasteiger partial charge on any atom is 0.471 e. The Morgan fingerprint density at radius 2 is 1.70 bits per heavy atom. The fourth-order valence-electron chi connectivity index (χ4n) is 5.47. The molecule has 1 aliphatic heterocycles. The maximum atomic E-state index is 12.9. The lowest BCUT2D eigenvalue weighted by Crippen LogP contribution is -2.67. The molecule has 2 heterocycles. The number of amides is 1. The van der Waals surface area contributed by atoms with E-state index in [1.807, 2.05) is 42.7 Å². The molecule has 3 atom stereocenters. The van der Waals surface area contributed by atoms with E-state index in [0.29, 0.717) is 5.94 Å². The molecule has 0 saturated carbocycles. The van der Waals surface area contributed by atoms with Gasteiger partial charge in [0.15, 0.2) is 0 Å². The molecular formula is C32H36F3N3O6SSi. The van der Waals surface area contributed by atoms with Crippen LogP contribution in [0.3, 0.4) is 0 Å². The Kier molecular flexibility index (Phi) is 11.4. The van der Waals surface area contributed by atoms with Crippen molar-refractivity contribution in [3.63, 3.8) is 0 Å². The monoisotopic (exact) mass is 675 g/mol. The quantitative estimate of drug-likeness (QED) is 0.193. The zero-order valence-electron chi connectivity index (χ0n) is 25.9. The number of ether oxygens (including phenoxy) is 2. The first-order chi connectivity index (χ1) is 21.8. The van der Waals surface area contributed by atoms with Gasteiger partial charge < -0.3 is 19.2 Å². The highest BCUT2D eigenvalue weighted by molar-refractivity contribution is 7.98. The van der Waals surface area contributed by atoms with Crippen molar-refractivity contribution in [3.8, 4) is 11.8 Å². The van der Waals surface area contributed by atoms with Gasteiger partial charge in [-0.2, -0.15) is 13.2 Å². The number of nitrogens with zero attached hydrogens (tertiary/aromatic N) is 1. The minimum Gasteiger partial charge on any atom is -0.405 e. The number of H-pyrrole nitrogens is 1. The number of alkyl halides is 3. The van der Waals surface area contributed by atoms with Crippen LogP contribution >= 0.6 is 11.8 Å². The van der Waals surface area contributed by atoms with Crippen LogP contribution in [0.25, 0.3) is 0 Å². The molecule has 0 radical (unpaired) electrons. The molecule has 1 fully saturated rings. The van der Waals surface area contributed by atoms with Crippen molar-refractivity contribution in [2.45, 2.75) is 56.8 Å². The third-order valence-corrected chi connectivity index (χ3v) is 12.9. The van der Waals surface area contributed by atoms with Crippen LogP contribution in [0.4, 0.5) is 13.2 Å². The van der Waals surface area contributed by atoms with Gasteiger partial charge in [-0.1, -0.05) is 93.3 Å². The van der Waals surface area contributed by atoms with Crippen molar-refractivity contribution in [2.75, 3.05) is 25.3 Å². The molecule has 2 N–H and O–H groups in total. The number of hydrogen-bond acceptors (Lipinski definition) is 7. The molecule has 1 aliphatic rings. The maximum absolute atomic E-state index is 12.9. The second-order valence-corrected chi connectivity index (χ2v) is 16.8. The molecule has 1 amide bonds. The molecule has 9 nitrogen and oxygen atoms in total. The topological polar surface area (TPSA) is 112 Å². The Morgan fingerprint density at radius 3 is 2.24 bits per heavy atom. The summed E-state index contributed by atoms with van der Waals surface area (Å²) >= 11 is 1.49. The number of rotatable bonds is 10. The number of carbonyl (C=O) groups is 1. The SMILES string of the molecule is CSCO[C@H]1C[C@H](n2cc(C#CCNC(=O)C(F)(F)F)c(=O)[nH]c2=O)O[C@@H]1CO[Si](c1ccccc1)(c1ccccc1)C(C)(C)C. The number of nitrogens with one attached hydrogen (secondary N) is 2. The van der Waals surface area contributed by atoms with Crippen LogP contribution in [-0.4, -0.2) is 67.5 Å². The van der Waals surface area contributed by atoms with E-state index in [1.165, 1.54) is 22.5 Å². The summed E-state index contributed by atoms with van der Waals surface area (Å²) in [4.78, 5) is 38.5.